The predicted octanol–water partition coefficient (Wildman–Crippen LogP) is 1.18. The third-order valence-electron chi connectivity index (χ3n) is 2.75. The second-order valence-corrected chi connectivity index (χ2v) is 6.76. The lowest BCUT2D eigenvalue weighted by atomic mass is 10.3. The number of rotatable bonds is 10. The lowest BCUT2D eigenvalue weighted by Crippen LogP contribution is -2.30. The molecule has 0 aliphatic rings. The molecule has 0 spiro atoms. The smallest absolute Gasteiger partial charge is 0.223 e. The lowest BCUT2D eigenvalue weighted by molar-refractivity contribution is -0.121. The summed E-state index contributed by atoms with van der Waals surface area (Å²) in [6.07, 6.45) is 1.48. The first-order chi connectivity index (χ1) is 10.5. The SMILES string of the molecule is C=CCS(=O)(=O)CCNC(=O)CCOc1cccc(OC)c1. The molecule has 122 valence electrons. The average molecular weight is 327 g/mol. The minimum atomic E-state index is -3.18. The molecule has 22 heavy (non-hydrogen) atoms. The van der Waals surface area contributed by atoms with Gasteiger partial charge in [-0.25, -0.2) is 8.42 Å². The van der Waals surface area contributed by atoms with Gasteiger partial charge in [0.1, 0.15) is 11.5 Å². The van der Waals surface area contributed by atoms with Crippen molar-refractivity contribution in [1.82, 2.24) is 5.32 Å². The van der Waals surface area contributed by atoms with Crippen LogP contribution in [0.2, 0.25) is 0 Å². The molecule has 0 aliphatic carbocycles. The molecule has 1 rings (SSSR count). The highest BCUT2D eigenvalue weighted by Crippen LogP contribution is 2.18. The van der Waals surface area contributed by atoms with Gasteiger partial charge in [-0.1, -0.05) is 12.1 Å². The molecule has 7 heteroatoms. The first kappa shape index (κ1) is 18.0. The summed E-state index contributed by atoms with van der Waals surface area (Å²) in [6.45, 7) is 3.68. The zero-order chi connectivity index (χ0) is 16.4. The third kappa shape index (κ3) is 7.12. The zero-order valence-electron chi connectivity index (χ0n) is 12.6. The van der Waals surface area contributed by atoms with Gasteiger partial charge < -0.3 is 14.8 Å². The third-order valence-corrected chi connectivity index (χ3v) is 4.32. The van der Waals surface area contributed by atoms with E-state index in [1.165, 1.54) is 6.08 Å². The van der Waals surface area contributed by atoms with Gasteiger partial charge in [0.25, 0.3) is 0 Å². The lowest BCUT2D eigenvalue weighted by Gasteiger charge is -2.08. The fraction of sp³-hybridized carbons (Fsp3) is 0.400. The van der Waals surface area contributed by atoms with Gasteiger partial charge in [0.2, 0.25) is 5.91 Å². The fourth-order valence-electron chi connectivity index (χ4n) is 1.65. The predicted molar refractivity (Wildman–Crippen MR) is 85.0 cm³/mol. The number of amides is 1. The molecule has 1 amide bonds. The Morgan fingerprint density at radius 2 is 2.09 bits per heavy atom. The number of carbonyl (C=O) groups excluding carboxylic acids is 1. The second-order valence-electron chi connectivity index (χ2n) is 4.53. The molecule has 1 aromatic rings. The van der Waals surface area contributed by atoms with Gasteiger partial charge in [-0.3, -0.25) is 4.79 Å². The van der Waals surface area contributed by atoms with Gasteiger partial charge >= 0.3 is 0 Å². The quantitative estimate of drug-likeness (QED) is 0.653. The van der Waals surface area contributed by atoms with Crippen LogP contribution in [-0.2, 0) is 14.6 Å². The molecule has 0 fully saturated rings. The highest BCUT2D eigenvalue weighted by atomic mass is 32.2. The Hall–Kier alpha value is -2.02. The van der Waals surface area contributed by atoms with Crippen LogP contribution < -0.4 is 14.8 Å². The van der Waals surface area contributed by atoms with Crippen LogP contribution in [0, 0.1) is 0 Å². The maximum Gasteiger partial charge on any atom is 0.223 e. The van der Waals surface area contributed by atoms with Crippen molar-refractivity contribution in [3.8, 4) is 11.5 Å². The van der Waals surface area contributed by atoms with E-state index in [9.17, 15) is 13.2 Å². The molecule has 0 aromatic heterocycles. The zero-order valence-corrected chi connectivity index (χ0v) is 13.4. The summed E-state index contributed by atoms with van der Waals surface area (Å²) < 4.78 is 33.3. The number of hydrogen-bond donors (Lipinski definition) is 1. The highest BCUT2D eigenvalue weighted by Gasteiger charge is 2.09. The van der Waals surface area contributed by atoms with E-state index in [0.717, 1.165) is 0 Å². The number of methoxy groups -OCH3 is 1. The van der Waals surface area contributed by atoms with Gasteiger partial charge in [0, 0.05) is 12.6 Å². The van der Waals surface area contributed by atoms with E-state index in [2.05, 4.69) is 11.9 Å². The van der Waals surface area contributed by atoms with Gasteiger partial charge in [-0.2, -0.15) is 0 Å². The molecule has 1 N–H and O–H groups in total. The highest BCUT2D eigenvalue weighted by molar-refractivity contribution is 7.91. The van der Waals surface area contributed by atoms with E-state index in [-0.39, 0.29) is 37.0 Å². The largest absolute Gasteiger partial charge is 0.497 e. The van der Waals surface area contributed by atoms with E-state index >= 15 is 0 Å². The molecule has 0 saturated heterocycles. The molecule has 0 aliphatic heterocycles. The minimum Gasteiger partial charge on any atom is -0.497 e. The number of benzene rings is 1. The summed E-state index contributed by atoms with van der Waals surface area (Å²) >= 11 is 0. The number of sulfone groups is 1. The minimum absolute atomic E-state index is 0.0815. The van der Waals surface area contributed by atoms with Crippen LogP contribution in [0.5, 0.6) is 11.5 Å². The normalized spacial score (nSPS) is 10.8. The van der Waals surface area contributed by atoms with Crippen molar-refractivity contribution >= 4 is 15.7 Å². The Balaban J connectivity index is 2.24. The van der Waals surface area contributed by atoms with Crippen molar-refractivity contribution in [2.45, 2.75) is 6.42 Å². The summed E-state index contributed by atoms with van der Waals surface area (Å²) in [5.74, 6) is 0.857. The van der Waals surface area contributed by atoms with E-state index < -0.39 is 9.84 Å². The molecule has 6 nitrogen and oxygen atoms in total. The Bertz CT molecular complexity index is 598. The van der Waals surface area contributed by atoms with Crippen LogP contribution in [0.4, 0.5) is 0 Å². The van der Waals surface area contributed by atoms with Gasteiger partial charge in [-0.15, -0.1) is 6.58 Å². The summed E-state index contributed by atoms with van der Waals surface area (Å²) in [7, 11) is -1.61. The average Bonchev–Trinajstić information content (AvgIpc) is 2.47. The van der Waals surface area contributed by atoms with E-state index in [4.69, 9.17) is 9.47 Å². The number of hydrogen-bond acceptors (Lipinski definition) is 5. The van der Waals surface area contributed by atoms with Gasteiger partial charge in [-0.05, 0) is 12.1 Å². The van der Waals surface area contributed by atoms with Crippen LogP contribution in [-0.4, -0.2) is 46.1 Å². The van der Waals surface area contributed by atoms with Crippen molar-refractivity contribution in [1.29, 1.82) is 0 Å². The van der Waals surface area contributed by atoms with E-state index in [1.807, 2.05) is 0 Å². The monoisotopic (exact) mass is 327 g/mol. The van der Waals surface area contributed by atoms with Crippen LogP contribution in [0.15, 0.2) is 36.9 Å². The Morgan fingerprint density at radius 1 is 1.36 bits per heavy atom. The molecule has 0 heterocycles. The summed E-state index contributed by atoms with van der Waals surface area (Å²) in [5.41, 5.74) is 0. The molecular weight excluding hydrogens is 306 g/mol. The topological polar surface area (TPSA) is 81.7 Å². The van der Waals surface area contributed by atoms with Crippen molar-refractivity contribution in [3.63, 3.8) is 0 Å². The van der Waals surface area contributed by atoms with Crippen molar-refractivity contribution < 1.29 is 22.7 Å². The van der Waals surface area contributed by atoms with Crippen LogP contribution in [0.1, 0.15) is 6.42 Å². The van der Waals surface area contributed by atoms with E-state index in [0.29, 0.717) is 11.5 Å². The maximum absolute atomic E-state index is 11.6. The summed E-state index contributed by atoms with van der Waals surface area (Å²) in [5, 5.41) is 2.55. The van der Waals surface area contributed by atoms with Crippen LogP contribution >= 0.6 is 0 Å². The molecule has 0 saturated carbocycles. The molecule has 0 atom stereocenters. The van der Waals surface area contributed by atoms with E-state index in [1.54, 1.807) is 31.4 Å². The Labute approximate surface area is 131 Å². The van der Waals surface area contributed by atoms with Crippen molar-refractivity contribution in [3.05, 3.63) is 36.9 Å². The second kappa shape index (κ2) is 9.09. The standard InChI is InChI=1S/C15H21NO5S/c1-3-10-22(18,19)11-8-16-15(17)7-9-21-14-6-4-5-13(12-14)20-2/h3-6,12H,1,7-11H2,2H3,(H,16,17). The number of ether oxygens (including phenoxy) is 2. The van der Waals surface area contributed by atoms with Gasteiger partial charge in [0.15, 0.2) is 9.84 Å². The number of carbonyl (C=O) groups is 1. The van der Waals surface area contributed by atoms with Crippen molar-refractivity contribution in [2.75, 3.05) is 31.8 Å². The summed E-state index contributed by atoms with van der Waals surface area (Å²) in [6, 6.07) is 7.07. The fourth-order valence-corrected chi connectivity index (χ4v) is 2.59. The first-order valence-corrected chi connectivity index (χ1v) is 8.64. The molecule has 0 bridgehead atoms. The molecular formula is C15H21NO5S. The van der Waals surface area contributed by atoms with Crippen LogP contribution in [0.25, 0.3) is 0 Å². The molecule has 0 radical (unpaired) electrons. The van der Waals surface area contributed by atoms with Crippen molar-refractivity contribution in [2.24, 2.45) is 0 Å². The Kier molecular flexibility index (Phi) is 7.45. The maximum atomic E-state index is 11.6. The Morgan fingerprint density at radius 3 is 2.77 bits per heavy atom. The first-order valence-electron chi connectivity index (χ1n) is 6.81. The summed E-state index contributed by atoms with van der Waals surface area (Å²) in [4.78, 5) is 11.6. The molecule has 0 unspecified atom stereocenters. The number of nitrogens with one attached hydrogen (secondary N) is 1. The molecule has 1 aromatic carbocycles. The van der Waals surface area contributed by atoms with Crippen LogP contribution in [0.3, 0.4) is 0 Å². The van der Waals surface area contributed by atoms with Gasteiger partial charge in [0.05, 0.1) is 31.6 Å².